The van der Waals surface area contributed by atoms with Gasteiger partial charge in [0, 0.05) is 31.3 Å². The van der Waals surface area contributed by atoms with Crippen LogP contribution in [0.15, 0.2) is 18.2 Å². The summed E-state index contributed by atoms with van der Waals surface area (Å²) in [6.45, 7) is 7.39. The van der Waals surface area contributed by atoms with E-state index in [-0.39, 0.29) is 5.54 Å². The van der Waals surface area contributed by atoms with Crippen molar-refractivity contribution in [1.29, 1.82) is 0 Å². The molecule has 3 heteroatoms. The fraction of sp³-hybridized carbons (Fsp3) is 0.684. The van der Waals surface area contributed by atoms with Crippen molar-refractivity contribution in [2.24, 2.45) is 5.92 Å². The van der Waals surface area contributed by atoms with E-state index in [1.165, 1.54) is 23.1 Å². The molecule has 1 aromatic carbocycles. The molecular formula is C19H30N2O. The van der Waals surface area contributed by atoms with Crippen LogP contribution in [-0.4, -0.2) is 44.3 Å². The van der Waals surface area contributed by atoms with Crippen LogP contribution in [0.5, 0.6) is 0 Å². The highest BCUT2D eigenvalue weighted by molar-refractivity contribution is 5.38. The van der Waals surface area contributed by atoms with Gasteiger partial charge < -0.3 is 15.0 Å². The lowest BCUT2D eigenvalue weighted by Crippen LogP contribution is -2.55. The van der Waals surface area contributed by atoms with Crippen molar-refractivity contribution in [3.8, 4) is 0 Å². The molecule has 0 bridgehead atoms. The third-order valence-electron chi connectivity index (χ3n) is 5.77. The number of likely N-dealkylation sites (N-methyl/N-ethyl adjacent to an activating group) is 1. The fourth-order valence-corrected chi connectivity index (χ4v) is 4.11. The number of nitrogens with zero attached hydrogens (tertiary/aromatic N) is 1. The Labute approximate surface area is 135 Å². The molecule has 0 saturated carbocycles. The Morgan fingerprint density at radius 3 is 2.68 bits per heavy atom. The van der Waals surface area contributed by atoms with Crippen LogP contribution < -0.4 is 5.32 Å². The standard InChI is InChI=1S/C19H30N2O/c1-14-5-6-16-12-15(2)18(17(16)11-14)20-13-19(21(3)4)7-9-22-10-8-19/h5-6,11,15,18,20H,7-10,12-13H2,1-4H3. The van der Waals surface area contributed by atoms with Crippen LogP contribution in [0.3, 0.4) is 0 Å². The van der Waals surface area contributed by atoms with Gasteiger partial charge in [-0.1, -0.05) is 30.7 Å². The van der Waals surface area contributed by atoms with E-state index in [2.05, 4.69) is 56.4 Å². The summed E-state index contributed by atoms with van der Waals surface area (Å²) < 4.78 is 5.59. The summed E-state index contributed by atoms with van der Waals surface area (Å²) >= 11 is 0. The molecule has 0 aromatic heterocycles. The van der Waals surface area contributed by atoms with E-state index in [1.54, 1.807) is 0 Å². The summed E-state index contributed by atoms with van der Waals surface area (Å²) in [4.78, 5) is 2.40. The molecule has 1 heterocycles. The highest BCUT2D eigenvalue weighted by Crippen LogP contribution is 2.37. The van der Waals surface area contributed by atoms with E-state index in [9.17, 15) is 0 Å². The van der Waals surface area contributed by atoms with Gasteiger partial charge in [0.1, 0.15) is 0 Å². The molecule has 3 nitrogen and oxygen atoms in total. The molecule has 1 aliphatic carbocycles. The molecule has 1 fully saturated rings. The van der Waals surface area contributed by atoms with E-state index in [4.69, 9.17) is 4.74 Å². The molecule has 1 saturated heterocycles. The first-order valence-corrected chi connectivity index (χ1v) is 8.60. The molecule has 3 rings (SSSR count). The summed E-state index contributed by atoms with van der Waals surface area (Å²) in [7, 11) is 4.42. The van der Waals surface area contributed by atoms with Gasteiger partial charge in [0.05, 0.1) is 0 Å². The normalized spacial score (nSPS) is 27.1. The first-order valence-electron chi connectivity index (χ1n) is 8.60. The minimum atomic E-state index is 0.241. The summed E-state index contributed by atoms with van der Waals surface area (Å²) in [5.74, 6) is 0.677. The van der Waals surface area contributed by atoms with Gasteiger partial charge >= 0.3 is 0 Å². The van der Waals surface area contributed by atoms with Crippen molar-refractivity contribution in [3.63, 3.8) is 0 Å². The van der Waals surface area contributed by atoms with E-state index in [1.807, 2.05) is 0 Å². The maximum atomic E-state index is 5.59. The van der Waals surface area contributed by atoms with Crippen molar-refractivity contribution in [3.05, 3.63) is 34.9 Å². The largest absolute Gasteiger partial charge is 0.381 e. The van der Waals surface area contributed by atoms with Gasteiger partial charge in [-0.2, -0.15) is 0 Å². The first kappa shape index (κ1) is 16.0. The first-order chi connectivity index (χ1) is 10.5. The fourth-order valence-electron chi connectivity index (χ4n) is 4.11. The van der Waals surface area contributed by atoms with Gasteiger partial charge in [0.2, 0.25) is 0 Å². The molecule has 1 aromatic rings. The summed E-state index contributed by atoms with van der Waals surface area (Å²) in [5.41, 5.74) is 4.66. The second-order valence-corrected chi connectivity index (χ2v) is 7.47. The second kappa shape index (κ2) is 6.31. The van der Waals surface area contributed by atoms with Crippen LogP contribution in [0.4, 0.5) is 0 Å². The van der Waals surface area contributed by atoms with Gasteiger partial charge in [0.25, 0.3) is 0 Å². The smallest absolute Gasteiger partial charge is 0.0484 e. The molecule has 0 radical (unpaired) electrons. The van der Waals surface area contributed by atoms with Gasteiger partial charge in [-0.3, -0.25) is 0 Å². The molecule has 22 heavy (non-hydrogen) atoms. The molecule has 2 aliphatic rings. The Hall–Kier alpha value is -0.900. The van der Waals surface area contributed by atoms with Crippen molar-refractivity contribution in [2.75, 3.05) is 33.9 Å². The second-order valence-electron chi connectivity index (χ2n) is 7.47. The number of nitrogens with one attached hydrogen (secondary N) is 1. The highest BCUT2D eigenvalue weighted by Gasteiger charge is 2.37. The Morgan fingerprint density at radius 2 is 2.00 bits per heavy atom. The molecule has 2 unspecified atom stereocenters. The zero-order chi connectivity index (χ0) is 15.7. The van der Waals surface area contributed by atoms with Crippen LogP contribution in [0, 0.1) is 12.8 Å². The van der Waals surface area contributed by atoms with Gasteiger partial charge in [-0.15, -0.1) is 0 Å². The molecule has 2 atom stereocenters. The zero-order valence-electron chi connectivity index (χ0n) is 14.5. The van der Waals surface area contributed by atoms with Crippen LogP contribution in [-0.2, 0) is 11.2 Å². The van der Waals surface area contributed by atoms with E-state index < -0.39 is 0 Å². The van der Waals surface area contributed by atoms with Crippen LogP contribution in [0.2, 0.25) is 0 Å². The number of rotatable bonds is 4. The summed E-state index contributed by atoms with van der Waals surface area (Å²) in [5, 5.41) is 3.91. The number of hydrogen-bond acceptors (Lipinski definition) is 3. The summed E-state index contributed by atoms with van der Waals surface area (Å²) in [6, 6.07) is 7.43. The lowest BCUT2D eigenvalue weighted by atomic mass is 9.87. The number of aryl methyl sites for hydroxylation is 1. The SMILES string of the molecule is Cc1ccc2c(c1)C(NCC1(N(C)C)CCOCC1)C(C)C2. The number of fused-ring (bicyclic) bond motifs is 1. The third kappa shape index (κ3) is 2.94. The number of benzene rings is 1. The van der Waals surface area contributed by atoms with Crippen LogP contribution in [0.25, 0.3) is 0 Å². The topological polar surface area (TPSA) is 24.5 Å². The molecule has 1 aliphatic heterocycles. The lowest BCUT2D eigenvalue weighted by Gasteiger charge is -2.44. The molecule has 122 valence electrons. The van der Waals surface area contributed by atoms with E-state index in [0.717, 1.165) is 32.6 Å². The quantitative estimate of drug-likeness (QED) is 0.925. The van der Waals surface area contributed by atoms with Gasteiger partial charge in [-0.25, -0.2) is 0 Å². The van der Waals surface area contributed by atoms with Gasteiger partial charge in [-0.05, 0) is 57.3 Å². The molecule has 1 N–H and O–H groups in total. The monoisotopic (exact) mass is 302 g/mol. The molecule has 0 spiro atoms. The molecule has 0 amide bonds. The van der Waals surface area contributed by atoms with Crippen molar-refractivity contribution >= 4 is 0 Å². The Kier molecular flexibility index (Phi) is 4.58. The van der Waals surface area contributed by atoms with E-state index >= 15 is 0 Å². The number of hydrogen-bond donors (Lipinski definition) is 1. The van der Waals surface area contributed by atoms with Crippen LogP contribution >= 0.6 is 0 Å². The number of ether oxygens (including phenoxy) is 1. The minimum absolute atomic E-state index is 0.241. The Morgan fingerprint density at radius 1 is 1.27 bits per heavy atom. The predicted octanol–water partition coefficient (Wildman–Crippen LogP) is 2.93. The summed E-state index contributed by atoms with van der Waals surface area (Å²) in [6.07, 6.45) is 3.44. The molecular weight excluding hydrogens is 272 g/mol. The zero-order valence-corrected chi connectivity index (χ0v) is 14.5. The maximum Gasteiger partial charge on any atom is 0.0484 e. The van der Waals surface area contributed by atoms with Crippen molar-refractivity contribution in [2.45, 2.75) is 44.7 Å². The maximum absolute atomic E-state index is 5.59. The Balaban J connectivity index is 1.74. The Bertz CT molecular complexity index is 520. The van der Waals surface area contributed by atoms with Crippen molar-refractivity contribution < 1.29 is 4.74 Å². The lowest BCUT2D eigenvalue weighted by molar-refractivity contribution is -0.00886. The average molecular weight is 302 g/mol. The van der Waals surface area contributed by atoms with E-state index in [0.29, 0.717) is 12.0 Å². The predicted molar refractivity (Wildman–Crippen MR) is 91.3 cm³/mol. The minimum Gasteiger partial charge on any atom is -0.381 e. The van der Waals surface area contributed by atoms with Crippen LogP contribution in [0.1, 0.15) is 42.5 Å². The highest BCUT2D eigenvalue weighted by atomic mass is 16.5. The van der Waals surface area contributed by atoms with Gasteiger partial charge in [0.15, 0.2) is 0 Å². The van der Waals surface area contributed by atoms with Crippen molar-refractivity contribution in [1.82, 2.24) is 10.2 Å². The average Bonchev–Trinajstić information content (AvgIpc) is 2.81. The third-order valence-corrected chi connectivity index (χ3v) is 5.77.